The van der Waals surface area contributed by atoms with Gasteiger partial charge in [0, 0.05) is 11.8 Å². The molecular formula is C12H8Cl2F2N2O2S. The Labute approximate surface area is 129 Å². The molecule has 0 aliphatic rings. The summed E-state index contributed by atoms with van der Waals surface area (Å²) in [7, 11) is -4.23. The van der Waals surface area contributed by atoms with Crippen molar-refractivity contribution in [2.24, 2.45) is 0 Å². The first-order chi connectivity index (χ1) is 9.69. The van der Waals surface area contributed by atoms with Gasteiger partial charge in [-0.25, -0.2) is 17.2 Å². The Morgan fingerprint density at radius 1 is 0.952 bits per heavy atom. The molecule has 0 bridgehead atoms. The minimum absolute atomic E-state index is 0.181. The van der Waals surface area contributed by atoms with Gasteiger partial charge in [-0.1, -0.05) is 23.2 Å². The van der Waals surface area contributed by atoms with E-state index in [1.165, 1.54) is 12.1 Å². The van der Waals surface area contributed by atoms with Gasteiger partial charge in [-0.2, -0.15) is 0 Å². The quantitative estimate of drug-likeness (QED) is 0.828. The maximum absolute atomic E-state index is 13.1. The highest BCUT2D eigenvalue weighted by Crippen LogP contribution is 2.33. The summed E-state index contributed by atoms with van der Waals surface area (Å²) < 4.78 is 52.6. The van der Waals surface area contributed by atoms with Crippen molar-refractivity contribution >= 4 is 44.6 Å². The Hall–Kier alpha value is -1.57. The van der Waals surface area contributed by atoms with E-state index < -0.39 is 26.6 Å². The number of hydrogen-bond acceptors (Lipinski definition) is 3. The summed E-state index contributed by atoms with van der Waals surface area (Å²) in [4.78, 5) is -0.426. The molecule has 0 saturated heterocycles. The molecule has 2 aromatic carbocycles. The van der Waals surface area contributed by atoms with Crippen LogP contribution in [0.15, 0.2) is 35.2 Å². The maximum Gasteiger partial charge on any atom is 0.264 e. The van der Waals surface area contributed by atoms with E-state index in [1.54, 1.807) is 0 Å². The molecule has 3 N–H and O–H groups in total. The van der Waals surface area contributed by atoms with Crippen LogP contribution >= 0.6 is 23.2 Å². The second kappa shape index (κ2) is 5.67. The van der Waals surface area contributed by atoms with E-state index in [0.29, 0.717) is 6.07 Å². The topological polar surface area (TPSA) is 72.2 Å². The van der Waals surface area contributed by atoms with Crippen molar-refractivity contribution in [1.82, 2.24) is 0 Å². The summed E-state index contributed by atoms with van der Waals surface area (Å²) in [6.45, 7) is 0. The van der Waals surface area contributed by atoms with Crippen LogP contribution in [0.4, 0.5) is 20.2 Å². The summed E-state index contributed by atoms with van der Waals surface area (Å²) >= 11 is 11.6. The van der Waals surface area contributed by atoms with Crippen molar-refractivity contribution in [3.8, 4) is 0 Å². The Bertz CT molecular complexity index is 770. The molecule has 0 spiro atoms. The van der Waals surface area contributed by atoms with Crippen LogP contribution < -0.4 is 10.5 Å². The normalized spacial score (nSPS) is 11.4. The van der Waals surface area contributed by atoms with E-state index in [1.807, 2.05) is 4.72 Å². The van der Waals surface area contributed by atoms with Gasteiger partial charge in [0.2, 0.25) is 0 Å². The molecule has 0 fully saturated rings. The Kier molecular flexibility index (Phi) is 4.27. The Morgan fingerprint density at radius 3 is 1.90 bits per heavy atom. The predicted molar refractivity (Wildman–Crippen MR) is 78.0 cm³/mol. The molecule has 4 nitrogen and oxygen atoms in total. The molecule has 0 unspecified atom stereocenters. The highest BCUT2D eigenvalue weighted by Gasteiger charge is 2.23. The second-order valence-electron chi connectivity index (χ2n) is 4.08. The van der Waals surface area contributed by atoms with Crippen molar-refractivity contribution in [3.05, 3.63) is 52.0 Å². The van der Waals surface area contributed by atoms with Gasteiger partial charge in [0.05, 0.1) is 15.7 Å². The van der Waals surface area contributed by atoms with E-state index in [9.17, 15) is 17.2 Å². The highest BCUT2D eigenvalue weighted by molar-refractivity contribution is 7.93. The van der Waals surface area contributed by atoms with Gasteiger partial charge in [-0.3, -0.25) is 4.72 Å². The zero-order valence-corrected chi connectivity index (χ0v) is 12.5. The first-order valence-corrected chi connectivity index (χ1v) is 7.66. The molecule has 2 rings (SSSR count). The third-order valence-corrected chi connectivity index (χ3v) is 4.71. The van der Waals surface area contributed by atoms with Crippen LogP contribution in [0.1, 0.15) is 0 Å². The second-order valence-corrected chi connectivity index (χ2v) is 6.51. The van der Waals surface area contributed by atoms with Gasteiger partial charge in [-0.05, 0) is 24.3 Å². The lowest BCUT2D eigenvalue weighted by Gasteiger charge is -2.12. The van der Waals surface area contributed by atoms with Crippen LogP contribution in [0.25, 0.3) is 0 Å². The molecule has 0 aliphatic carbocycles. The number of nitrogen functional groups attached to an aromatic ring is 1. The zero-order chi connectivity index (χ0) is 15.8. The molecule has 0 amide bonds. The van der Waals surface area contributed by atoms with Crippen LogP contribution in [0.3, 0.4) is 0 Å². The number of anilines is 2. The molecule has 0 heterocycles. The van der Waals surface area contributed by atoms with Crippen LogP contribution in [0, 0.1) is 11.6 Å². The lowest BCUT2D eigenvalue weighted by molar-refractivity contribution is 0.584. The van der Waals surface area contributed by atoms with Crippen molar-refractivity contribution in [2.45, 2.75) is 4.90 Å². The fourth-order valence-electron chi connectivity index (χ4n) is 1.66. The number of nitrogens with one attached hydrogen (secondary N) is 1. The van der Waals surface area contributed by atoms with Gasteiger partial charge in [-0.15, -0.1) is 0 Å². The fraction of sp³-hybridized carbons (Fsp3) is 0. The van der Waals surface area contributed by atoms with Crippen LogP contribution in [0.5, 0.6) is 0 Å². The van der Waals surface area contributed by atoms with E-state index in [2.05, 4.69) is 0 Å². The van der Waals surface area contributed by atoms with Crippen molar-refractivity contribution in [2.75, 3.05) is 10.5 Å². The number of nitrogens with two attached hydrogens (primary N) is 1. The van der Waals surface area contributed by atoms with Gasteiger partial charge in [0.1, 0.15) is 16.5 Å². The van der Waals surface area contributed by atoms with Gasteiger partial charge < -0.3 is 5.73 Å². The largest absolute Gasteiger partial charge is 0.399 e. The minimum Gasteiger partial charge on any atom is -0.399 e. The number of sulfonamides is 1. The molecule has 0 aliphatic heterocycles. The molecule has 0 atom stereocenters. The molecule has 0 aromatic heterocycles. The SMILES string of the molecule is Nc1cc(Cl)c(S(=O)(=O)Nc2cc(F)cc(F)c2)c(Cl)c1. The van der Waals surface area contributed by atoms with Gasteiger partial charge >= 0.3 is 0 Å². The Morgan fingerprint density at radius 2 is 1.43 bits per heavy atom. The first kappa shape index (κ1) is 15.8. The number of hydrogen-bond donors (Lipinski definition) is 2. The predicted octanol–water partition coefficient (Wildman–Crippen LogP) is 3.65. The number of rotatable bonds is 3. The summed E-state index contributed by atoms with van der Waals surface area (Å²) in [6, 6.07) is 4.66. The molecule has 2 aromatic rings. The average Bonchev–Trinajstić information content (AvgIpc) is 2.23. The average molecular weight is 353 g/mol. The lowest BCUT2D eigenvalue weighted by atomic mass is 10.3. The summed E-state index contributed by atoms with van der Waals surface area (Å²) in [6.07, 6.45) is 0. The van der Waals surface area contributed by atoms with Crippen molar-refractivity contribution in [1.29, 1.82) is 0 Å². The summed E-state index contributed by atoms with van der Waals surface area (Å²) in [5.74, 6) is -1.86. The fourth-order valence-corrected chi connectivity index (χ4v) is 3.93. The molecule has 9 heteroatoms. The minimum atomic E-state index is -4.23. The van der Waals surface area contributed by atoms with Gasteiger partial charge in [0.15, 0.2) is 0 Å². The van der Waals surface area contributed by atoms with Crippen LogP contribution in [0.2, 0.25) is 10.0 Å². The van der Waals surface area contributed by atoms with Crippen LogP contribution in [-0.4, -0.2) is 8.42 Å². The van der Waals surface area contributed by atoms with E-state index in [4.69, 9.17) is 28.9 Å². The van der Waals surface area contributed by atoms with E-state index in [-0.39, 0.29) is 21.4 Å². The zero-order valence-electron chi connectivity index (χ0n) is 10.2. The molecule has 0 radical (unpaired) electrons. The van der Waals surface area contributed by atoms with E-state index >= 15 is 0 Å². The monoisotopic (exact) mass is 352 g/mol. The third-order valence-electron chi connectivity index (χ3n) is 2.40. The molecule has 112 valence electrons. The highest BCUT2D eigenvalue weighted by atomic mass is 35.5. The van der Waals surface area contributed by atoms with Crippen LogP contribution in [-0.2, 0) is 10.0 Å². The van der Waals surface area contributed by atoms with Crippen molar-refractivity contribution in [3.63, 3.8) is 0 Å². The molecule has 21 heavy (non-hydrogen) atoms. The molecule has 0 saturated carbocycles. The smallest absolute Gasteiger partial charge is 0.264 e. The molecular weight excluding hydrogens is 345 g/mol. The number of halogens is 4. The standard InChI is InChI=1S/C12H8Cl2F2N2O2S/c13-10-4-8(17)5-11(14)12(10)21(19,20)18-9-2-6(15)1-7(16)3-9/h1-5,18H,17H2. The summed E-state index contributed by atoms with van der Waals surface area (Å²) in [5.41, 5.74) is 5.37. The maximum atomic E-state index is 13.1. The third kappa shape index (κ3) is 3.55. The summed E-state index contributed by atoms with van der Waals surface area (Å²) in [5, 5.41) is -0.409. The lowest BCUT2D eigenvalue weighted by Crippen LogP contribution is -2.14. The number of benzene rings is 2. The van der Waals surface area contributed by atoms with E-state index in [0.717, 1.165) is 12.1 Å². The van der Waals surface area contributed by atoms with Crippen molar-refractivity contribution < 1.29 is 17.2 Å². The first-order valence-electron chi connectivity index (χ1n) is 5.42. The van der Waals surface area contributed by atoms with Gasteiger partial charge in [0.25, 0.3) is 10.0 Å². The Balaban J connectivity index is 2.48.